The molecule has 0 atom stereocenters. The van der Waals surface area contributed by atoms with E-state index >= 15 is 0 Å². The fourth-order valence-corrected chi connectivity index (χ4v) is 2.74. The number of nitro groups is 1. The first kappa shape index (κ1) is 18.8. The Kier molecular flexibility index (Phi) is 4.67. The van der Waals surface area contributed by atoms with Crippen LogP contribution in [0.25, 0.3) is 11.4 Å². The van der Waals surface area contributed by atoms with Gasteiger partial charge in [-0.15, -0.1) is 5.10 Å². The van der Waals surface area contributed by atoms with Crippen LogP contribution in [0.2, 0.25) is 0 Å². The van der Waals surface area contributed by atoms with Gasteiger partial charge in [-0.25, -0.2) is 14.1 Å². The minimum atomic E-state index is -0.729. The minimum Gasteiger partial charge on any atom is -0.319 e. The van der Waals surface area contributed by atoms with Crippen molar-refractivity contribution < 1.29 is 14.1 Å². The van der Waals surface area contributed by atoms with E-state index in [0.29, 0.717) is 11.5 Å². The zero-order valence-electron chi connectivity index (χ0n) is 15.3. The summed E-state index contributed by atoms with van der Waals surface area (Å²) >= 11 is 0. The maximum atomic E-state index is 14.2. The number of nitro benzene ring substituents is 1. The summed E-state index contributed by atoms with van der Waals surface area (Å²) in [6, 6.07) is 7.77. The largest absolute Gasteiger partial charge is 0.319 e. The molecule has 4 rings (SSSR count). The molecule has 0 bridgehead atoms. The molecule has 1 amide bonds. The van der Waals surface area contributed by atoms with E-state index in [1.54, 1.807) is 6.92 Å². The number of tetrazole rings is 1. The van der Waals surface area contributed by atoms with Crippen LogP contribution in [0.5, 0.6) is 0 Å². The third kappa shape index (κ3) is 3.46. The lowest BCUT2D eigenvalue weighted by Gasteiger charge is -2.10. The first-order valence-electron chi connectivity index (χ1n) is 8.44. The molecular weight excluding hydrogens is 397 g/mol. The van der Waals surface area contributed by atoms with Gasteiger partial charge in [0.05, 0.1) is 16.3 Å². The van der Waals surface area contributed by atoms with Crippen molar-refractivity contribution in [2.45, 2.75) is 6.92 Å². The van der Waals surface area contributed by atoms with Gasteiger partial charge in [0.15, 0.2) is 5.82 Å². The third-order valence-corrected chi connectivity index (χ3v) is 4.17. The molecule has 0 saturated carbocycles. The molecule has 150 valence electrons. The van der Waals surface area contributed by atoms with Crippen LogP contribution in [-0.4, -0.2) is 45.8 Å². The lowest BCUT2D eigenvalue weighted by Crippen LogP contribution is -2.14. The molecule has 0 unspecified atom stereocenters. The predicted molar refractivity (Wildman–Crippen MR) is 99.8 cm³/mol. The molecule has 30 heavy (non-hydrogen) atoms. The number of anilines is 1. The average Bonchev–Trinajstić information content (AvgIpc) is 3.41. The van der Waals surface area contributed by atoms with Crippen molar-refractivity contribution in [1.29, 1.82) is 0 Å². The number of nitrogens with zero attached hydrogens (tertiary/aromatic N) is 8. The number of hydrogen-bond donors (Lipinski definition) is 1. The van der Waals surface area contributed by atoms with Crippen LogP contribution in [0.1, 0.15) is 16.2 Å². The van der Waals surface area contributed by atoms with Crippen LogP contribution in [0.3, 0.4) is 0 Å². The van der Waals surface area contributed by atoms with Crippen molar-refractivity contribution in [3.8, 4) is 11.4 Å². The Morgan fingerprint density at radius 1 is 1.23 bits per heavy atom. The van der Waals surface area contributed by atoms with E-state index in [4.69, 9.17) is 0 Å². The summed E-state index contributed by atoms with van der Waals surface area (Å²) in [6.45, 7) is 1.66. The molecule has 2 aromatic heterocycles. The highest BCUT2D eigenvalue weighted by molar-refractivity contribution is 6.05. The van der Waals surface area contributed by atoms with E-state index < -0.39 is 16.6 Å². The number of halogens is 1. The minimum absolute atomic E-state index is 0.0334. The second kappa shape index (κ2) is 7.46. The van der Waals surface area contributed by atoms with Gasteiger partial charge in [-0.05, 0) is 47.7 Å². The Morgan fingerprint density at radius 2 is 2.07 bits per heavy atom. The maximum Gasteiger partial charge on any atom is 0.295 e. The summed E-state index contributed by atoms with van der Waals surface area (Å²) < 4.78 is 16.8. The topological polar surface area (TPSA) is 147 Å². The van der Waals surface area contributed by atoms with Gasteiger partial charge in [-0.1, -0.05) is 0 Å². The molecule has 4 aromatic rings. The van der Waals surface area contributed by atoms with E-state index in [1.165, 1.54) is 46.3 Å². The summed E-state index contributed by atoms with van der Waals surface area (Å²) in [4.78, 5) is 27.2. The monoisotopic (exact) mass is 409 g/mol. The van der Waals surface area contributed by atoms with Gasteiger partial charge < -0.3 is 5.32 Å². The lowest BCUT2D eigenvalue weighted by atomic mass is 10.1. The van der Waals surface area contributed by atoms with E-state index in [-0.39, 0.29) is 22.6 Å². The molecule has 0 aliphatic heterocycles. The van der Waals surface area contributed by atoms with Gasteiger partial charge in [0.25, 0.3) is 11.6 Å². The quantitative estimate of drug-likeness (QED) is 0.388. The number of nitrogens with one attached hydrogen (secondary N) is 1. The molecule has 1 N–H and O–H groups in total. The Labute approximate surface area is 167 Å². The summed E-state index contributed by atoms with van der Waals surface area (Å²) in [5.41, 5.74) is 0.0501. The van der Waals surface area contributed by atoms with Crippen molar-refractivity contribution in [3.05, 3.63) is 76.4 Å². The van der Waals surface area contributed by atoms with Gasteiger partial charge in [0, 0.05) is 11.6 Å². The second-order valence-electron chi connectivity index (χ2n) is 6.06. The molecule has 0 aliphatic rings. The van der Waals surface area contributed by atoms with Crippen LogP contribution < -0.4 is 5.32 Å². The summed E-state index contributed by atoms with van der Waals surface area (Å²) in [5.74, 6) is -0.947. The number of benzene rings is 2. The van der Waals surface area contributed by atoms with Gasteiger partial charge in [-0.2, -0.15) is 9.78 Å². The van der Waals surface area contributed by atoms with Gasteiger partial charge >= 0.3 is 0 Å². The lowest BCUT2D eigenvalue weighted by molar-refractivity contribution is -0.384. The normalized spacial score (nSPS) is 10.7. The number of hydrogen-bond acceptors (Lipinski definition) is 8. The Balaban J connectivity index is 1.65. The highest BCUT2D eigenvalue weighted by Crippen LogP contribution is 2.25. The summed E-state index contributed by atoms with van der Waals surface area (Å²) in [5, 5.41) is 28.8. The Morgan fingerprint density at radius 3 is 2.73 bits per heavy atom. The van der Waals surface area contributed by atoms with E-state index in [9.17, 15) is 19.3 Å². The van der Waals surface area contributed by atoms with E-state index in [2.05, 4.69) is 30.9 Å². The van der Waals surface area contributed by atoms with Crippen molar-refractivity contribution in [1.82, 2.24) is 35.0 Å². The van der Waals surface area contributed by atoms with E-state index in [1.807, 2.05) is 0 Å². The first-order valence-corrected chi connectivity index (χ1v) is 8.44. The number of carbonyl (C=O) groups is 1. The first-order chi connectivity index (χ1) is 14.4. The molecule has 0 fully saturated rings. The molecule has 2 aromatic carbocycles. The van der Waals surface area contributed by atoms with Gasteiger partial charge in [0.2, 0.25) is 0 Å². The molecular formula is C17H12FN9O3. The highest BCUT2D eigenvalue weighted by Gasteiger charge is 2.20. The maximum absolute atomic E-state index is 14.2. The van der Waals surface area contributed by atoms with Crippen LogP contribution in [0.4, 0.5) is 15.8 Å². The zero-order chi connectivity index (χ0) is 21.3. The van der Waals surface area contributed by atoms with Crippen LogP contribution in [-0.2, 0) is 0 Å². The van der Waals surface area contributed by atoms with Crippen molar-refractivity contribution >= 4 is 17.3 Å². The number of aromatic nitrogens is 7. The molecule has 13 heteroatoms. The number of amides is 1. The Hall–Kier alpha value is -4.55. The number of rotatable bonds is 5. The molecule has 0 aliphatic carbocycles. The van der Waals surface area contributed by atoms with Crippen molar-refractivity contribution in [2.75, 3.05) is 5.32 Å². The second-order valence-corrected chi connectivity index (χ2v) is 6.06. The SMILES string of the molecule is Cc1nnnn1-c1ccc(F)c(NC(=O)c2ccc(-n3cncn3)c([N+](=O)[O-])c2)c1. The highest BCUT2D eigenvalue weighted by atomic mass is 19.1. The zero-order valence-corrected chi connectivity index (χ0v) is 15.3. The van der Waals surface area contributed by atoms with Crippen LogP contribution >= 0.6 is 0 Å². The van der Waals surface area contributed by atoms with Gasteiger partial charge in [0.1, 0.15) is 24.2 Å². The van der Waals surface area contributed by atoms with Gasteiger partial charge in [-0.3, -0.25) is 14.9 Å². The molecule has 0 radical (unpaired) electrons. The fraction of sp³-hybridized carbons (Fsp3) is 0.0588. The van der Waals surface area contributed by atoms with Crippen LogP contribution in [0.15, 0.2) is 49.1 Å². The molecule has 12 nitrogen and oxygen atoms in total. The fourth-order valence-electron chi connectivity index (χ4n) is 2.74. The number of aryl methyl sites for hydroxylation is 1. The average molecular weight is 409 g/mol. The molecule has 0 spiro atoms. The smallest absolute Gasteiger partial charge is 0.295 e. The van der Waals surface area contributed by atoms with Crippen molar-refractivity contribution in [3.63, 3.8) is 0 Å². The standard InChI is InChI=1S/C17H12FN9O3/c1-10-22-23-24-26(10)12-3-4-13(18)14(7-12)21-17(28)11-2-5-15(16(6-11)27(29)30)25-9-19-8-20-25/h2-9H,1H3,(H,21,28). The van der Waals surface area contributed by atoms with Crippen LogP contribution in [0, 0.1) is 22.9 Å². The molecule has 2 heterocycles. The summed E-state index contributed by atoms with van der Waals surface area (Å²) in [6.07, 6.45) is 2.52. The third-order valence-electron chi connectivity index (χ3n) is 4.17. The number of carbonyl (C=O) groups excluding carboxylic acids is 1. The summed E-state index contributed by atoms with van der Waals surface area (Å²) in [7, 11) is 0. The predicted octanol–water partition coefficient (Wildman–Crippen LogP) is 1.85. The molecule has 0 saturated heterocycles. The van der Waals surface area contributed by atoms with E-state index in [0.717, 1.165) is 12.1 Å². The van der Waals surface area contributed by atoms with Crippen molar-refractivity contribution in [2.24, 2.45) is 0 Å². The Bertz CT molecular complexity index is 1250.